The van der Waals surface area contributed by atoms with Gasteiger partial charge >= 0.3 is 0 Å². The highest BCUT2D eigenvalue weighted by Gasteiger charge is 2.00. The fourth-order valence-electron chi connectivity index (χ4n) is 1.17. The zero-order valence-electron chi connectivity index (χ0n) is 7.01. The summed E-state index contributed by atoms with van der Waals surface area (Å²) in [4.78, 5) is 4.13. The maximum Gasteiger partial charge on any atom is 0.152 e. The average molecular weight is 178 g/mol. The van der Waals surface area contributed by atoms with Gasteiger partial charge in [-0.15, -0.1) is 0 Å². The van der Waals surface area contributed by atoms with Crippen molar-refractivity contribution in [3.8, 4) is 0 Å². The molecule has 13 heavy (non-hydrogen) atoms. The Hall–Kier alpha value is -1.62. The highest BCUT2D eigenvalue weighted by atomic mass is 16.3. The summed E-state index contributed by atoms with van der Waals surface area (Å²) in [6, 6.07) is 1.87. The third-order valence-electron chi connectivity index (χ3n) is 1.73. The van der Waals surface area contributed by atoms with Crippen LogP contribution in [0, 0.1) is 0 Å². The SMILES string of the molecule is OCCNc1nccn2nccc12. The van der Waals surface area contributed by atoms with E-state index in [-0.39, 0.29) is 6.61 Å². The minimum atomic E-state index is 0.0941. The first kappa shape index (κ1) is 8.00. The van der Waals surface area contributed by atoms with Gasteiger partial charge in [-0.1, -0.05) is 0 Å². The number of hydrogen-bond acceptors (Lipinski definition) is 4. The van der Waals surface area contributed by atoms with Crippen molar-refractivity contribution < 1.29 is 5.11 Å². The van der Waals surface area contributed by atoms with Gasteiger partial charge in [0.25, 0.3) is 0 Å². The molecule has 5 heteroatoms. The highest BCUT2D eigenvalue weighted by molar-refractivity contribution is 5.66. The van der Waals surface area contributed by atoms with E-state index < -0.39 is 0 Å². The topological polar surface area (TPSA) is 62.5 Å². The number of anilines is 1. The molecule has 0 atom stereocenters. The third kappa shape index (κ3) is 1.46. The van der Waals surface area contributed by atoms with Crippen molar-refractivity contribution in [1.29, 1.82) is 0 Å². The number of aliphatic hydroxyl groups is 1. The predicted molar refractivity (Wildman–Crippen MR) is 48.6 cm³/mol. The van der Waals surface area contributed by atoms with Crippen molar-refractivity contribution in [2.75, 3.05) is 18.5 Å². The molecule has 0 radical (unpaired) electrons. The lowest BCUT2D eigenvalue weighted by Crippen LogP contribution is -2.08. The van der Waals surface area contributed by atoms with Gasteiger partial charge in [-0.2, -0.15) is 5.10 Å². The molecule has 0 aliphatic heterocycles. The van der Waals surface area contributed by atoms with E-state index in [0.717, 1.165) is 11.3 Å². The standard InChI is InChI=1S/C8H10N4O/c13-6-4-10-8-7-1-2-11-12(7)5-3-9-8/h1-3,5,13H,4,6H2,(H,9,10). The number of rotatable bonds is 3. The molecule has 0 spiro atoms. The summed E-state index contributed by atoms with van der Waals surface area (Å²) in [7, 11) is 0. The minimum Gasteiger partial charge on any atom is -0.395 e. The van der Waals surface area contributed by atoms with Crippen LogP contribution >= 0.6 is 0 Å². The molecule has 0 bridgehead atoms. The molecule has 2 heterocycles. The van der Waals surface area contributed by atoms with Crippen molar-refractivity contribution in [2.45, 2.75) is 0 Å². The Balaban J connectivity index is 2.37. The molecule has 0 aromatic carbocycles. The number of aromatic nitrogens is 3. The van der Waals surface area contributed by atoms with Gasteiger partial charge in [0, 0.05) is 18.9 Å². The van der Waals surface area contributed by atoms with Gasteiger partial charge in [0.2, 0.25) is 0 Å². The lowest BCUT2D eigenvalue weighted by molar-refractivity contribution is 0.311. The van der Waals surface area contributed by atoms with Gasteiger partial charge < -0.3 is 10.4 Å². The second-order valence-corrected chi connectivity index (χ2v) is 2.59. The molecule has 0 unspecified atom stereocenters. The van der Waals surface area contributed by atoms with Gasteiger partial charge in [-0.3, -0.25) is 0 Å². The first-order chi connectivity index (χ1) is 6.42. The van der Waals surface area contributed by atoms with E-state index in [0.29, 0.717) is 6.54 Å². The van der Waals surface area contributed by atoms with Gasteiger partial charge in [0.05, 0.1) is 12.8 Å². The molecule has 68 valence electrons. The van der Waals surface area contributed by atoms with Crippen LogP contribution in [0.25, 0.3) is 5.52 Å². The number of fused-ring (bicyclic) bond motifs is 1. The van der Waals surface area contributed by atoms with Gasteiger partial charge in [-0.25, -0.2) is 9.50 Å². The zero-order valence-corrected chi connectivity index (χ0v) is 7.01. The van der Waals surface area contributed by atoms with E-state index in [1.165, 1.54) is 0 Å². The smallest absolute Gasteiger partial charge is 0.152 e. The first-order valence-electron chi connectivity index (χ1n) is 4.05. The molecule has 0 saturated carbocycles. The molecule has 0 saturated heterocycles. The molecular formula is C8H10N4O. The lowest BCUT2D eigenvalue weighted by atomic mass is 10.4. The van der Waals surface area contributed by atoms with Crippen LogP contribution < -0.4 is 5.32 Å². The quantitative estimate of drug-likeness (QED) is 0.701. The van der Waals surface area contributed by atoms with Crippen LogP contribution in [0.2, 0.25) is 0 Å². The Labute approximate surface area is 75.0 Å². The number of nitrogens with one attached hydrogen (secondary N) is 1. The van der Waals surface area contributed by atoms with E-state index >= 15 is 0 Å². The summed E-state index contributed by atoms with van der Waals surface area (Å²) in [5, 5.41) is 15.7. The number of nitrogens with zero attached hydrogens (tertiary/aromatic N) is 3. The van der Waals surface area contributed by atoms with Crippen molar-refractivity contribution >= 4 is 11.3 Å². The summed E-state index contributed by atoms with van der Waals surface area (Å²) in [5.41, 5.74) is 0.913. The molecule has 2 aromatic rings. The van der Waals surface area contributed by atoms with Gasteiger partial charge in [-0.05, 0) is 6.07 Å². The summed E-state index contributed by atoms with van der Waals surface area (Å²) < 4.78 is 1.73. The highest BCUT2D eigenvalue weighted by Crippen LogP contribution is 2.11. The van der Waals surface area contributed by atoms with Gasteiger partial charge in [0.1, 0.15) is 5.52 Å². The molecule has 2 rings (SSSR count). The average Bonchev–Trinajstić information content (AvgIpc) is 2.62. The molecule has 0 fully saturated rings. The molecule has 5 nitrogen and oxygen atoms in total. The number of hydrogen-bond donors (Lipinski definition) is 2. The molecule has 2 aromatic heterocycles. The van der Waals surface area contributed by atoms with Crippen molar-refractivity contribution in [3.63, 3.8) is 0 Å². The van der Waals surface area contributed by atoms with E-state index in [1.54, 1.807) is 23.1 Å². The molecule has 2 N–H and O–H groups in total. The van der Waals surface area contributed by atoms with E-state index in [4.69, 9.17) is 5.11 Å². The van der Waals surface area contributed by atoms with Crippen LogP contribution in [0.1, 0.15) is 0 Å². The second kappa shape index (κ2) is 3.40. The summed E-state index contributed by atoms with van der Waals surface area (Å²) in [6.07, 6.45) is 5.15. The summed E-state index contributed by atoms with van der Waals surface area (Å²) >= 11 is 0. The fraction of sp³-hybridized carbons (Fsp3) is 0.250. The van der Waals surface area contributed by atoms with Crippen molar-refractivity contribution in [2.24, 2.45) is 0 Å². The molecule has 0 amide bonds. The molecular weight excluding hydrogens is 168 g/mol. The zero-order chi connectivity index (χ0) is 9.10. The third-order valence-corrected chi connectivity index (χ3v) is 1.73. The van der Waals surface area contributed by atoms with Crippen LogP contribution in [-0.4, -0.2) is 32.9 Å². The van der Waals surface area contributed by atoms with Crippen molar-refractivity contribution in [1.82, 2.24) is 14.6 Å². The summed E-state index contributed by atoms with van der Waals surface area (Å²) in [6.45, 7) is 0.592. The molecule has 0 aliphatic carbocycles. The Morgan fingerprint density at radius 1 is 1.46 bits per heavy atom. The van der Waals surface area contributed by atoms with Crippen molar-refractivity contribution in [3.05, 3.63) is 24.7 Å². The van der Waals surface area contributed by atoms with Crippen LogP contribution in [0.15, 0.2) is 24.7 Å². The largest absolute Gasteiger partial charge is 0.395 e. The Bertz CT molecular complexity index is 398. The van der Waals surface area contributed by atoms with Crippen LogP contribution in [-0.2, 0) is 0 Å². The van der Waals surface area contributed by atoms with Crippen LogP contribution in [0.3, 0.4) is 0 Å². The normalized spacial score (nSPS) is 10.5. The van der Waals surface area contributed by atoms with E-state index in [2.05, 4.69) is 15.4 Å². The lowest BCUT2D eigenvalue weighted by Gasteiger charge is -2.03. The Morgan fingerprint density at radius 3 is 3.23 bits per heavy atom. The van der Waals surface area contributed by atoms with E-state index in [1.807, 2.05) is 6.07 Å². The number of aliphatic hydroxyl groups excluding tert-OH is 1. The van der Waals surface area contributed by atoms with Crippen LogP contribution in [0.5, 0.6) is 0 Å². The first-order valence-corrected chi connectivity index (χ1v) is 4.05. The maximum absolute atomic E-state index is 8.64. The molecule has 0 aliphatic rings. The van der Waals surface area contributed by atoms with E-state index in [9.17, 15) is 0 Å². The second-order valence-electron chi connectivity index (χ2n) is 2.59. The van der Waals surface area contributed by atoms with Crippen LogP contribution in [0.4, 0.5) is 5.82 Å². The monoisotopic (exact) mass is 178 g/mol. The minimum absolute atomic E-state index is 0.0941. The Kier molecular flexibility index (Phi) is 2.09. The summed E-state index contributed by atoms with van der Waals surface area (Å²) in [5.74, 6) is 0.744. The predicted octanol–water partition coefficient (Wildman–Crippen LogP) is 0.133. The fourth-order valence-corrected chi connectivity index (χ4v) is 1.17. The Morgan fingerprint density at radius 2 is 2.38 bits per heavy atom. The van der Waals surface area contributed by atoms with Gasteiger partial charge in [0.15, 0.2) is 5.82 Å². The maximum atomic E-state index is 8.64.